The van der Waals surface area contributed by atoms with E-state index in [1.807, 2.05) is 0 Å². The van der Waals surface area contributed by atoms with Gasteiger partial charge in [-0.3, -0.25) is 10.1 Å². The SMILES string of the molecule is COCCOCCOc1ncc([N+](=O)[O-])cc1C(=O)O. The molecule has 1 aromatic heterocycles. The van der Waals surface area contributed by atoms with Crippen molar-refractivity contribution in [3.05, 3.63) is 27.9 Å². The highest BCUT2D eigenvalue weighted by Gasteiger charge is 2.18. The van der Waals surface area contributed by atoms with Gasteiger partial charge >= 0.3 is 5.97 Å². The number of carboxylic acids is 1. The molecule has 0 atom stereocenters. The summed E-state index contributed by atoms with van der Waals surface area (Å²) >= 11 is 0. The van der Waals surface area contributed by atoms with Crippen LogP contribution in [0.5, 0.6) is 5.88 Å². The average Bonchev–Trinajstić information content (AvgIpc) is 2.42. The van der Waals surface area contributed by atoms with E-state index in [9.17, 15) is 14.9 Å². The number of rotatable bonds is 9. The van der Waals surface area contributed by atoms with Crippen molar-refractivity contribution >= 4 is 11.7 Å². The number of carboxylic acid groups (broad SMARTS) is 1. The predicted molar refractivity (Wildman–Crippen MR) is 66.0 cm³/mol. The lowest BCUT2D eigenvalue weighted by atomic mass is 10.2. The van der Waals surface area contributed by atoms with Crippen molar-refractivity contribution in [2.24, 2.45) is 0 Å². The molecule has 0 aliphatic carbocycles. The maximum Gasteiger partial charge on any atom is 0.341 e. The van der Waals surface area contributed by atoms with Gasteiger partial charge in [-0.15, -0.1) is 0 Å². The highest BCUT2D eigenvalue weighted by atomic mass is 16.6. The third-order valence-corrected chi connectivity index (χ3v) is 2.18. The van der Waals surface area contributed by atoms with Gasteiger partial charge in [0, 0.05) is 13.2 Å². The number of hydrogen-bond acceptors (Lipinski definition) is 7. The fourth-order valence-corrected chi connectivity index (χ4v) is 1.25. The van der Waals surface area contributed by atoms with Crippen molar-refractivity contribution in [1.82, 2.24) is 4.98 Å². The van der Waals surface area contributed by atoms with E-state index in [-0.39, 0.29) is 24.7 Å². The molecule has 9 heteroatoms. The Kier molecular flexibility index (Phi) is 6.33. The van der Waals surface area contributed by atoms with Crippen LogP contribution >= 0.6 is 0 Å². The van der Waals surface area contributed by atoms with Crippen molar-refractivity contribution < 1.29 is 29.0 Å². The number of pyridine rings is 1. The summed E-state index contributed by atoms with van der Waals surface area (Å²) in [6.45, 7) is 1.13. The van der Waals surface area contributed by atoms with Crippen LogP contribution < -0.4 is 4.74 Å². The molecule has 1 aromatic rings. The zero-order valence-corrected chi connectivity index (χ0v) is 10.8. The van der Waals surface area contributed by atoms with Gasteiger partial charge in [0.1, 0.15) is 18.4 Å². The molecule has 0 aliphatic heterocycles. The molecule has 9 nitrogen and oxygen atoms in total. The zero-order chi connectivity index (χ0) is 15.0. The maximum atomic E-state index is 11.0. The number of carbonyl (C=O) groups is 1. The van der Waals surface area contributed by atoms with E-state index in [2.05, 4.69) is 4.98 Å². The van der Waals surface area contributed by atoms with E-state index < -0.39 is 16.6 Å². The van der Waals surface area contributed by atoms with Crippen LogP contribution in [0.15, 0.2) is 12.3 Å². The molecule has 0 aliphatic rings. The Hall–Kier alpha value is -2.26. The summed E-state index contributed by atoms with van der Waals surface area (Å²) in [6.07, 6.45) is 0.938. The second kappa shape index (κ2) is 8.02. The van der Waals surface area contributed by atoms with Crippen LogP contribution in [-0.2, 0) is 9.47 Å². The molecule has 0 fully saturated rings. The van der Waals surface area contributed by atoms with Gasteiger partial charge in [0.25, 0.3) is 5.69 Å². The summed E-state index contributed by atoms with van der Waals surface area (Å²) in [6, 6.07) is 0.899. The van der Waals surface area contributed by atoms with Crippen LogP contribution in [0.1, 0.15) is 10.4 Å². The molecular weight excluding hydrogens is 272 g/mol. The minimum Gasteiger partial charge on any atom is -0.477 e. The number of nitrogens with zero attached hydrogens (tertiary/aromatic N) is 2. The molecule has 20 heavy (non-hydrogen) atoms. The van der Waals surface area contributed by atoms with Gasteiger partial charge in [0.2, 0.25) is 5.88 Å². The summed E-state index contributed by atoms with van der Waals surface area (Å²) in [5.74, 6) is -1.53. The standard InChI is InChI=1S/C11H14N2O7/c1-18-2-3-19-4-5-20-10-9(11(14)15)6-8(7-12-10)13(16)17/h6-7H,2-5H2,1H3,(H,14,15). The van der Waals surface area contributed by atoms with Crippen LogP contribution in [0.2, 0.25) is 0 Å². The van der Waals surface area contributed by atoms with Gasteiger partial charge in [0.05, 0.1) is 24.7 Å². The van der Waals surface area contributed by atoms with Crippen molar-refractivity contribution in [1.29, 1.82) is 0 Å². The van der Waals surface area contributed by atoms with Gasteiger partial charge in [-0.25, -0.2) is 9.78 Å². The fraction of sp³-hybridized carbons (Fsp3) is 0.455. The Balaban J connectivity index is 2.60. The van der Waals surface area contributed by atoms with E-state index in [4.69, 9.17) is 19.3 Å². The van der Waals surface area contributed by atoms with Crippen molar-refractivity contribution in [3.63, 3.8) is 0 Å². The van der Waals surface area contributed by atoms with Crippen LogP contribution in [0, 0.1) is 10.1 Å². The molecule has 0 amide bonds. The molecule has 0 radical (unpaired) electrons. The van der Waals surface area contributed by atoms with Gasteiger partial charge in [-0.1, -0.05) is 0 Å². The fourth-order valence-electron chi connectivity index (χ4n) is 1.25. The molecular formula is C11H14N2O7. The first-order valence-electron chi connectivity index (χ1n) is 5.63. The highest BCUT2D eigenvalue weighted by Crippen LogP contribution is 2.20. The number of nitro groups is 1. The minimum atomic E-state index is -1.35. The number of aromatic carboxylic acids is 1. The van der Waals surface area contributed by atoms with Crippen LogP contribution in [0.25, 0.3) is 0 Å². The monoisotopic (exact) mass is 286 g/mol. The Morgan fingerprint density at radius 1 is 1.40 bits per heavy atom. The average molecular weight is 286 g/mol. The van der Waals surface area contributed by atoms with E-state index in [1.165, 1.54) is 0 Å². The topological polar surface area (TPSA) is 121 Å². The lowest BCUT2D eigenvalue weighted by Crippen LogP contribution is -2.13. The molecule has 1 heterocycles. The third kappa shape index (κ3) is 4.78. The number of hydrogen-bond donors (Lipinski definition) is 1. The lowest BCUT2D eigenvalue weighted by Gasteiger charge is -2.08. The molecule has 0 bridgehead atoms. The molecule has 0 saturated heterocycles. The first kappa shape index (κ1) is 15.8. The number of aromatic nitrogens is 1. The number of ether oxygens (including phenoxy) is 3. The molecule has 1 rings (SSSR count). The Morgan fingerprint density at radius 2 is 2.10 bits per heavy atom. The Morgan fingerprint density at radius 3 is 2.70 bits per heavy atom. The summed E-state index contributed by atoms with van der Waals surface area (Å²) < 4.78 is 15.0. The smallest absolute Gasteiger partial charge is 0.341 e. The second-order valence-corrected chi connectivity index (χ2v) is 3.56. The zero-order valence-electron chi connectivity index (χ0n) is 10.8. The van der Waals surface area contributed by atoms with Gasteiger partial charge < -0.3 is 19.3 Å². The van der Waals surface area contributed by atoms with E-state index >= 15 is 0 Å². The molecule has 0 saturated carbocycles. The highest BCUT2D eigenvalue weighted by molar-refractivity contribution is 5.90. The van der Waals surface area contributed by atoms with Gasteiger partial charge in [-0.05, 0) is 0 Å². The minimum absolute atomic E-state index is 0.0782. The normalized spacial score (nSPS) is 10.2. The Bertz CT molecular complexity index is 478. The summed E-state index contributed by atoms with van der Waals surface area (Å²) in [5, 5.41) is 19.5. The second-order valence-electron chi connectivity index (χ2n) is 3.56. The molecule has 0 spiro atoms. The first-order valence-corrected chi connectivity index (χ1v) is 5.63. The van der Waals surface area contributed by atoms with Crippen LogP contribution in [0.4, 0.5) is 5.69 Å². The predicted octanol–water partition coefficient (Wildman–Crippen LogP) is 0.730. The van der Waals surface area contributed by atoms with Crippen LogP contribution in [0.3, 0.4) is 0 Å². The Labute approximate surface area is 114 Å². The molecule has 1 N–H and O–H groups in total. The summed E-state index contributed by atoms with van der Waals surface area (Å²) in [7, 11) is 1.54. The third-order valence-electron chi connectivity index (χ3n) is 2.18. The van der Waals surface area contributed by atoms with Crippen molar-refractivity contribution in [2.75, 3.05) is 33.5 Å². The number of methoxy groups -OCH3 is 1. The lowest BCUT2D eigenvalue weighted by molar-refractivity contribution is -0.385. The van der Waals surface area contributed by atoms with Gasteiger partial charge in [-0.2, -0.15) is 0 Å². The molecule has 110 valence electrons. The van der Waals surface area contributed by atoms with E-state index in [1.54, 1.807) is 7.11 Å². The quantitative estimate of drug-likeness (QED) is 0.400. The maximum absolute atomic E-state index is 11.0. The summed E-state index contributed by atoms with van der Waals surface area (Å²) in [4.78, 5) is 24.4. The van der Waals surface area contributed by atoms with E-state index in [0.717, 1.165) is 12.3 Å². The van der Waals surface area contributed by atoms with E-state index in [0.29, 0.717) is 13.2 Å². The van der Waals surface area contributed by atoms with Crippen molar-refractivity contribution in [2.45, 2.75) is 0 Å². The largest absolute Gasteiger partial charge is 0.477 e. The van der Waals surface area contributed by atoms with Crippen LogP contribution in [-0.4, -0.2) is 54.5 Å². The molecule has 0 unspecified atom stereocenters. The summed E-state index contributed by atoms with van der Waals surface area (Å²) in [5.41, 5.74) is -0.776. The van der Waals surface area contributed by atoms with Gasteiger partial charge in [0.15, 0.2) is 0 Å². The first-order chi connectivity index (χ1) is 9.56. The van der Waals surface area contributed by atoms with Crippen molar-refractivity contribution in [3.8, 4) is 5.88 Å². The molecule has 0 aromatic carbocycles.